The zero-order valence-corrected chi connectivity index (χ0v) is 13.8. The van der Waals surface area contributed by atoms with Crippen LogP contribution in [-0.2, 0) is 15.6 Å². The molecule has 0 spiro atoms. The largest absolute Gasteiger partial charge is 0.291 e. The highest BCUT2D eigenvalue weighted by Crippen LogP contribution is 2.42. The van der Waals surface area contributed by atoms with Crippen molar-refractivity contribution in [1.29, 1.82) is 0 Å². The maximum absolute atomic E-state index is 12.6. The van der Waals surface area contributed by atoms with Crippen molar-refractivity contribution in [3.05, 3.63) is 56.5 Å². The molecule has 114 valence electrons. The zero-order valence-electron chi connectivity index (χ0n) is 10.8. The van der Waals surface area contributed by atoms with Crippen molar-refractivity contribution < 1.29 is 13.2 Å². The average molecular weight is 378 g/mol. The third-order valence-electron chi connectivity index (χ3n) is 3.31. The van der Waals surface area contributed by atoms with Gasteiger partial charge in [-0.2, -0.15) is 0 Å². The molecule has 0 saturated heterocycles. The van der Waals surface area contributed by atoms with E-state index in [1.807, 2.05) is 0 Å². The fourth-order valence-corrected chi connectivity index (χ4v) is 5.09. The van der Waals surface area contributed by atoms with Gasteiger partial charge in [0.05, 0.1) is 15.8 Å². The van der Waals surface area contributed by atoms with Crippen molar-refractivity contribution in [2.24, 2.45) is 0 Å². The number of carbonyl (C=O) groups excluding carboxylic acids is 1. The summed E-state index contributed by atoms with van der Waals surface area (Å²) in [5.74, 6) is -0.993. The van der Waals surface area contributed by atoms with Crippen LogP contribution in [0.5, 0.6) is 0 Å². The van der Waals surface area contributed by atoms with Crippen molar-refractivity contribution in [2.45, 2.75) is 11.0 Å². The number of pyridine rings is 2. The molecule has 5 nitrogen and oxygen atoms in total. The number of halogens is 3. The van der Waals surface area contributed by atoms with Gasteiger partial charge in [-0.05, 0) is 11.6 Å². The summed E-state index contributed by atoms with van der Waals surface area (Å²) in [6.45, 7) is 0. The number of sulfone groups is 1. The van der Waals surface area contributed by atoms with Crippen LogP contribution in [-0.4, -0.2) is 24.2 Å². The van der Waals surface area contributed by atoms with Crippen LogP contribution in [0.1, 0.15) is 26.9 Å². The molecule has 1 aliphatic rings. The summed E-state index contributed by atoms with van der Waals surface area (Å²) in [5.41, 5.74) is 0.406. The maximum Gasteiger partial charge on any atom is 0.204 e. The van der Waals surface area contributed by atoms with Crippen LogP contribution in [0.2, 0.25) is 15.2 Å². The van der Waals surface area contributed by atoms with Crippen LogP contribution in [0, 0.1) is 0 Å². The normalized spacial score (nSPS) is 19.8. The fourth-order valence-electron chi connectivity index (χ4n) is 2.37. The Morgan fingerprint density at radius 1 is 1.18 bits per heavy atom. The standard InChI is InChI=1S/C13H7Cl3N2O3S/c14-7-4-18-13(16)9(15)8(7)12-11(19)10-6(2-1-3-17-10)5-22(12,20)21/h1-4,12H,5H2. The molecule has 3 rings (SSSR count). The van der Waals surface area contributed by atoms with E-state index in [-0.39, 0.29) is 32.2 Å². The van der Waals surface area contributed by atoms with Gasteiger partial charge in [-0.15, -0.1) is 0 Å². The molecule has 9 heteroatoms. The van der Waals surface area contributed by atoms with Crippen LogP contribution in [0.3, 0.4) is 0 Å². The van der Waals surface area contributed by atoms with Gasteiger partial charge in [0, 0.05) is 18.0 Å². The summed E-state index contributed by atoms with van der Waals surface area (Å²) in [4.78, 5) is 20.3. The van der Waals surface area contributed by atoms with E-state index in [1.54, 1.807) is 12.1 Å². The molecule has 2 aromatic heterocycles. The molecule has 1 atom stereocenters. The lowest BCUT2D eigenvalue weighted by atomic mass is 10.0. The molecule has 0 fully saturated rings. The van der Waals surface area contributed by atoms with Crippen LogP contribution in [0.15, 0.2) is 24.5 Å². The van der Waals surface area contributed by atoms with Crippen LogP contribution in [0.4, 0.5) is 0 Å². The van der Waals surface area contributed by atoms with Crippen molar-refractivity contribution in [3.63, 3.8) is 0 Å². The molecule has 0 amide bonds. The fraction of sp³-hybridized carbons (Fsp3) is 0.154. The zero-order chi connectivity index (χ0) is 16.1. The molecular weight excluding hydrogens is 371 g/mol. The van der Waals surface area contributed by atoms with Crippen molar-refractivity contribution >= 4 is 50.4 Å². The molecule has 0 radical (unpaired) electrons. The monoisotopic (exact) mass is 376 g/mol. The summed E-state index contributed by atoms with van der Waals surface area (Å²) < 4.78 is 25.1. The third kappa shape index (κ3) is 2.40. The molecule has 3 heterocycles. The van der Waals surface area contributed by atoms with E-state index in [0.717, 1.165) is 0 Å². The minimum absolute atomic E-state index is 0.0318. The first kappa shape index (κ1) is 15.7. The predicted molar refractivity (Wildman–Crippen MR) is 83.2 cm³/mol. The quantitative estimate of drug-likeness (QED) is 0.713. The molecule has 22 heavy (non-hydrogen) atoms. The average Bonchev–Trinajstić information content (AvgIpc) is 2.46. The second kappa shape index (κ2) is 5.45. The lowest BCUT2D eigenvalue weighted by Gasteiger charge is -2.24. The van der Waals surface area contributed by atoms with Gasteiger partial charge in [0.1, 0.15) is 10.8 Å². The van der Waals surface area contributed by atoms with E-state index in [0.29, 0.717) is 5.56 Å². The first-order valence-electron chi connectivity index (χ1n) is 6.02. The minimum atomic E-state index is -3.85. The molecule has 1 unspecified atom stereocenters. The second-order valence-electron chi connectivity index (χ2n) is 4.69. The molecule has 0 aliphatic carbocycles. The molecular formula is C13H7Cl3N2O3S. The molecule has 0 aromatic carbocycles. The Balaban J connectivity index is 2.28. The summed E-state index contributed by atoms with van der Waals surface area (Å²) in [6.07, 6.45) is 2.59. The number of hydrogen-bond donors (Lipinski definition) is 0. The predicted octanol–water partition coefficient (Wildman–Crippen LogP) is 3.29. The van der Waals surface area contributed by atoms with Gasteiger partial charge in [-0.25, -0.2) is 13.4 Å². The van der Waals surface area contributed by atoms with Gasteiger partial charge in [0.25, 0.3) is 0 Å². The lowest BCUT2D eigenvalue weighted by Crippen LogP contribution is -2.31. The van der Waals surface area contributed by atoms with Gasteiger partial charge in [0.15, 0.2) is 15.1 Å². The van der Waals surface area contributed by atoms with Gasteiger partial charge < -0.3 is 0 Å². The van der Waals surface area contributed by atoms with Crippen molar-refractivity contribution in [2.75, 3.05) is 0 Å². The van der Waals surface area contributed by atoms with Crippen LogP contribution >= 0.6 is 34.8 Å². The number of fused-ring (bicyclic) bond motifs is 1. The molecule has 0 bridgehead atoms. The first-order valence-corrected chi connectivity index (χ1v) is 8.87. The Morgan fingerprint density at radius 3 is 2.64 bits per heavy atom. The SMILES string of the molecule is O=C1c2ncccc2CS(=O)(=O)C1c1c(Cl)cnc(Cl)c1Cl. The van der Waals surface area contributed by atoms with E-state index in [2.05, 4.69) is 9.97 Å². The van der Waals surface area contributed by atoms with E-state index < -0.39 is 20.9 Å². The highest BCUT2D eigenvalue weighted by molar-refractivity contribution is 7.91. The highest BCUT2D eigenvalue weighted by Gasteiger charge is 2.43. The number of aromatic nitrogens is 2. The minimum Gasteiger partial charge on any atom is -0.291 e. The number of carbonyl (C=O) groups is 1. The number of nitrogens with zero attached hydrogens (tertiary/aromatic N) is 2. The molecule has 0 N–H and O–H groups in total. The van der Waals surface area contributed by atoms with Gasteiger partial charge >= 0.3 is 0 Å². The Bertz CT molecular complexity index is 899. The molecule has 1 aliphatic heterocycles. The highest BCUT2D eigenvalue weighted by atomic mass is 35.5. The summed E-state index contributed by atoms with van der Waals surface area (Å²) >= 11 is 17.9. The molecule has 2 aromatic rings. The van der Waals surface area contributed by atoms with E-state index >= 15 is 0 Å². The van der Waals surface area contributed by atoms with E-state index in [4.69, 9.17) is 34.8 Å². The topological polar surface area (TPSA) is 77.0 Å². The van der Waals surface area contributed by atoms with Gasteiger partial charge in [-0.3, -0.25) is 9.78 Å². The van der Waals surface area contributed by atoms with Gasteiger partial charge in [-0.1, -0.05) is 40.9 Å². The second-order valence-corrected chi connectivity index (χ2v) is 7.92. The number of hydrogen-bond acceptors (Lipinski definition) is 5. The summed E-state index contributed by atoms with van der Waals surface area (Å²) in [5, 5.41) is -1.82. The van der Waals surface area contributed by atoms with Crippen LogP contribution in [0.25, 0.3) is 0 Å². The smallest absolute Gasteiger partial charge is 0.204 e. The number of Topliss-reactive ketones (excluding diaryl/α,β-unsaturated/α-hetero) is 1. The number of rotatable bonds is 1. The Hall–Kier alpha value is -1.21. The Labute approximate surface area is 141 Å². The van der Waals surface area contributed by atoms with Gasteiger partial charge in [0.2, 0.25) is 5.78 Å². The van der Waals surface area contributed by atoms with E-state index in [1.165, 1.54) is 12.4 Å². The third-order valence-corrected chi connectivity index (χ3v) is 6.26. The first-order chi connectivity index (χ1) is 10.3. The summed E-state index contributed by atoms with van der Waals surface area (Å²) in [6, 6.07) is 3.13. The van der Waals surface area contributed by atoms with Crippen molar-refractivity contribution in [1.82, 2.24) is 9.97 Å². The number of ketones is 1. The Morgan fingerprint density at radius 2 is 1.91 bits per heavy atom. The summed E-state index contributed by atoms with van der Waals surface area (Å²) in [7, 11) is -3.85. The van der Waals surface area contributed by atoms with Crippen molar-refractivity contribution in [3.8, 4) is 0 Å². The maximum atomic E-state index is 12.6. The van der Waals surface area contributed by atoms with Crippen LogP contribution < -0.4 is 0 Å². The lowest BCUT2D eigenvalue weighted by molar-refractivity contribution is 0.0979. The van der Waals surface area contributed by atoms with E-state index in [9.17, 15) is 13.2 Å². The Kier molecular flexibility index (Phi) is 3.89. The molecule has 0 saturated carbocycles.